The number of nitrogens with one attached hydrogen (secondary N) is 2. The van der Waals surface area contributed by atoms with Gasteiger partial charge in [-0.05, 0) is 54.7 Å². The zero-order valence-electron chi connectivity index (χ0n) is 18.9. The minimum Gasteiger partial charge on any atom is -0.459 e. The molecule has 0 spiro atoms. The summed E-state index contributed by atoms with van der Waals surface area (Å²) in [6.45, 7) is -0.0315. The summed E-state index contributed by atoms with van der Waals surface area (Å²) in [4.78, 5) is 30.2. The Bertz CT molecular complexity index is 1410. The van der Waals surface area contributed by atoms with Crippen LogP contribution in [-0.4, -0.2) is 32.4 Å². The number of aromatic nitrogens is 1. The first kappa shape index (κ1) is 23.2. The molecule has 4 aromatic rings. The van der Waals surface area contributed by atoms with Crippen molar-refractivity contribution in [1.82, 2.24) is 15.2 Å². The molecular formula is C26H21N5O4S. The number of benzene rings is 2. The zero-order valence-corrected chi connectivity index (χ0v) is 19.7. The van der Waals surface area contributed by atoms with E-state index in [1.165, 1.54) is 6.07 Å². The quantitative estimate of drug-likeness (QED) is 0.211. The highest BCUT2D eigenvalue weighted by Gasteiger charge is 2.42. The van der Waals surface area contributed by atoms with Gasteiger partial charge in [0.1, 0.15) is 24.1 Å². The highest BCUT2D eigenvalue weighted by atomic mass is 32.1. The fourth-order valence-electron chi connectivity index (χ4n) is 4.26. The lowest BCUT2D eigenvalue weighted by atomic mass is 10.0. The molecule has 180 valence electrons. The molecule has 0 aliphatic carbocycles. The van der Waals surface area contributed by atoms with E-state index in [9.17, 15) is 14.9 Å². The minimum absolute atomic E-state index is 0.0315. The molecule has 2 aromatic heterocycles. The van der Waals surface area contributed by atoms with E-state index in [1.54, 1.807) is 53.6 Å². The molecule has 1 amide bonds. The van der Waals surface area contributed by atoms with Crippen LogP contribution in [0.4, 0.5) is 11.4 Å². The van der Waals surface area contributed by atoms with E-state index in [1.807, 2.05) is 36.4 Å². The number of hydrogen-bond donors (Lipinski definition) is 2. The second kappa shape index (κ2) is 9.96. The molecule has 9 nitrogen and oxygen atoms in total. The predicted molar refractivity (Wildman–Crippen MR) is 138 cm³/mol. The molecule has 1 aliphatic rings. The Labute approximate surface area is 211 Å². The van der Waals surface area contributed by atoms with Gasteiger partial charge in [0.2, 0.25) is 5.91 Å². The van der Waals surface area contributed by atoms with Crippen LogP contribution in [0.5, 0.6) is 0 Å². The summed E-state index contributed by atoms with van der Waals surface area (Å²) >= 11 is 5.61. The van der Waals surface area contributed by atoms with Crippen molar-refractivity contribution in [3.63, 3.8) is 0 Å². The van der Waals surface area contributed by atoms with Gasteiger partial charge < -0.3 is 20.0 Å². The summed E-state index contributed by atoms with van der Waals surface area (Å²) in [6, 6.07) is 23.6. The number of hydrogen-bond acceptors (Lipinski definition) is 6. The topological polar surface area (TPSA) is 114 Å². The average molecular weight is 500 g/mol. The molecule has 36 heavy (non-hydrogen) atoms. The summed E-state index contributed by atoms with van der Waals surface area (Å²) in [7, 11) is 0. The Balaban J connectivity index is 1.49. The number of nitrogens with zero attached hydrogens (tertiary/aromatic N) is 3. The van der Waals surface area contributed by atoms with Crippen molar-refractivity contribution in [1.29, 1.82) is 0 Å². The van der Waals surface area contributed by atoms with Crippen molar-refractivity contribution in [3.8, 4) is 11.3 Å². The average Bonchev–Trinajstić information content (AvgIpc) is 3.50. The molecular weight excluding hydrogens is 478 g/mol. The van der Waals surface area contributed by atoms with Gasteiger partial charge in [0, 0.05) is 18.0 Å². The van der Waals surface area contributed by atoms with Crippen LogP contribution in [0.15, 0.2) is 95.5 Å². The largest absolute Gasteiger partial charge is 0.459 e. The van der Waals surface area contributed by atoms with Crippen molar-refractivity contribution < 1.29 is 14.1 Å². The number of carbonyl (C=O) groups excluding carboxylic acids is 1. The van der Waals surface area contributed by atoms with E-state index >= 15 is 0 Å². The van der Waals surface area contributed by atoms with Gasteiger partial charge in [-0.3, -0.25) is 19.9 Å². The van der Waals surface area contributed by atoms with Gasteiger partial charge in [0.25, 0.3) is 5.69 Å². The molecule has 2 aromatic carbocycles. The Hall–Kier alpha value is -4.57. The van der Waals surface area contributed by atoms with E-state index < -0.39 is 17.0 Å². The van der Waals surface area contributed by atoms with Crippen LogP contribution in [0.2, 0.25) is 0 Å². The van der Waals surface area contributed by atoms with Gasteiger partial charge in [0.15, 0.2) is 5.11 Å². The van der Waals surface area contributed by atoms with Crippen LogP contribution >= 0.6 is 12.2 Å². The van der Waals surface area contributed by atoms with Crippen LogP contribution in [0.1, 0.15) is 23.5 Å². The van der Waals surface area contributed by atoms with Crippen LogP contribution in [0, 0.1) is 10.1 Å². The highest BCUT2D eigenvalue weighted by molar-refractivity contribution is 7.80. The molecule has 1 fully saturated rings. The fourth-order valence-corrected chi connectivity index (χ4v) is 4.56. The highest BCUT2D eigenvalue weighted by Crippen LogP contribution is 2.41. The third kappa shape index (κ3) is 4.66. The van der Waals surface area contributed by atoms with Gasteiger partial charge in [0.05, 0.1) is 22.2 Å². The number of anilines is 1. The van der Waals surface area contributed by atoms with Gasteiger partial charge in [-0.15, -0.1) is 0 Å². The van der Waals surface area contributed by atoms with Gasteiger partial charge in [-0.1, -0.05) is 36.4 Å². The van der Waals surface area contributed by atoms with E-state index in [0.717, 1.165) is 5.69 Å². The number of para-hydroxylation sites is 2. The summed E-state index contributed by atoms with van der Waals surface area (Å²) in [6.07, 6.45) is 1.68. The Morgan fingerprint density at radius 3 is 2.56 bits per heavy atom. The number of nitro groups is 1. The molecule has 1 saturated heterocycles. The zero-order chi connectivity index (χ0) is 25.1. The summed E-state index contributed by atoms with van der Waals surface area (Å²) in [5, 5.41) is 18.1. The van der Waals surface area contributed by atoms with Crippen molar-refractivity contribution >= 4 is 34.6 Å². The Kier molecular flexibility index (Phi) is 6.42. The maximum atomic E-state index is 12.9. The fraction of sp³-hybridized carbons (Fsp3) is 0.115. The Morgan fingerprint density at radius 1 is 1.06 bits per heavy atom. The van der Waals surface area contributed by atoms with Crippen LogP contribution < -0.4 is 10.6 Å². The molecule has 2 atom stereocenters. The number of nitro benzene ring substituents is 1. The third-order valence-corrected chi connectivity index (χ3v) is 6.21. The van der Waals surface area contributed by atoms with Crippen LogP contribution in [0.3, 0.4) is 0 Å². The first-order valence-corrected chi connectivity index (χ1v) is 11.6. The maximum Gasteiger partial charge on any atom is 0.280 e. The van der Waals surface area contributed by atoms with Crippen molar-refractivity contribution in [2.24, 2.45) is 0 Å². The molecule has 0 bridgehead atoms. The first-order chi connectivity index (χ1) is 17.5. The number of amides is 1. The number of furan rings is 1. The van der Waals surface area contributed by atoms with Gasteiger partial charge >= 0.3 is 0 Å². The molecule has 0 saturated carbocycles. The van der Waals surface area contributed by atoms with E-state index in [0.29, 0.717) is 27.9 Å². The van der Waals surface area contributed by atoms with Crippen LogP contribution in [0.25, 0.3) is 11.3 Å². The second-order valence-corrected chi connectivity index (χ2v) is 8.53. The second-order valence-electron chi connectivity index (χ2n) is 8.14. The maximum absolute atomic E-state index is 12.9. The number of rotatable bonds is 7. The molecule has 5 rings (SSSR count). The monoisotopic (exact) mass is 499 g/mol. The van der Waals surface area contributed by atoms with Crippen molar-refractivity contribution in [2.75, 3.05) is 11.9 Å². The van der Waals surface area contributed by atoms with Gasteiger partial charge in [-0.2, -0.15) is 0 Å². The predicted octanol–water partition coefficient (Wildman–Crippen LogP) is 4.86. The molecule has 2 N–H and O–H groups in total. The smallest absolute Gasteiger partial charge is 0.280 e. The third-order valence-electron chi connectivity index (χ3n) is 5.85. The molecule has 1 aliphatic heterocycles. The number of carbonyl (C=O) groups is 1. The SMILES string of the molecule is O=C(CN1C(=S)N[C@H](c2ccccn2)[C@H]1c1ccc(-c2ccccc2[N+](=O)[O-])o1)Nc1ccccc1. The minimum atomic E-state index is -0.509. The van der Waals surface area contributed by atoms with Crippen LogP contribution in [-0.2, 0) is 4.79 Å². The van der Waals surface area contributed by atoms with Crippen molar-refractivity contribution in [2.45, 2.75) is 12.1 Å². The summed E-state index contributed by atoms with van der Waals surface area (Å²) in [5.74, 6) is 0.602. The lowest BCUT2D eigenvalue weighted by molar-refractivity contribution is -0.384. The molecule has 10 heteroatoms. The first-order valence-electron chi connectivity index (χ1n) is 11.2. The Morgan fingerprint density at radius 2 is 1.81 bits per heavy atom. The van der Waals surface area contributed by atoms with E-state index in [-0.39, 0.29) is 18.1 Å². The molecule has 0 unspecified atom stereocenters. The molecule has 3 heterocycles. The van der Waals surface area contributed by atoms with Gasteiger partial charge in [-0.25, -0.2) is 0 Å². The summed E-state index contributed by atoms with van der Waals surface area (Å²) < 4.78 is 6.17. The standard InChI is InChI=1S/C26H21N5O4S/c32-23(28-17-8-2-1-3-9-17)16-30-25(24(29-26(30)36)19-11-6-7-15-27-19)22-14-13-21(35-22)18-10-4-5-12-20(18)31(33)34/h1-15,24-25H,16H2,(H,28,32)(H,29,36)/t24-,25-/m1/s1. The number of thiocarbonyl (C=S) groups is 1. The van der Waals surface area contributed by atoms with E-state index in [2.05, 4.69) is 15.6 Å². The number of pyridine rings is 1. The lowest BCUT2D eigenvalue weighted by Crippen LogP contribution is -2.36. The van der Waals surface area contributed by atoms with E-state index in [4.69, 9.17) is 16.6 Å². The summed E-state index contributed by atoms with van der Waals surface area (Å²) in [5.41, 5.74) is 1.71. The lowest BCUT2D eigenvalue weighted by Gasteiger charge is -2.25. The van der Waals surface area contributed by atoms with Crippen molar-refractivity contribution in [3.05, 3.63) is 113 Å². The normalized spacial score (nSPS) is 17.0. The molecule has 0 radical (unpaired) electrons.